The number of phenolic OH excluding ortho intramolecular Hbond substituents is 1. The minimum absolute atomic E-state index is 0.105. The lowest BCUT2D eigenvalue weighted by atomic mass is 10.2. The van der Waals surface area contributed by atoms with Crippen LogP contribution in [0.5, 0.6) is 28.7 Å². The summed E-state index contributed by atoms with van der Waals surface area (Å²) in [5, 5.41) is 15.1. The molecular formula is C30H28N2O6. The highest BCUT2D eigenvalue weighted by Gasteiger charge is 2.12. The number of hydrogen-bond acceptors (Lipinski definition) is 6. The van der Waals surface area contributed by atoms with Crippen LogP contribution in [-0.2, 0) is 9.59 Å². The van der Waals surface area contributed by atoms with E-state index in [1.807, 2.05) is 50.2 Å². The SMILES string of the molecule is Cc1ccccc1OCC(=O)Nc1cc(NC(=O)COc2ccccc2C)cc(Oc2ccc(O)cc2)c1. The number of carbonyl (C=O) groups excluding carboxylic acids is 2. The maximum absolute atomic E-state index is 12.6. The summed E-state index contributed by atoms with van der Waals surface area (Å²) in [5.41, 5.74) is 2.63. The first kappa shape index (κ1) is 26.1. The van der Waals surface area contributed by atoms with Gasteiger partial charge in [0.15, 0.2) is 13.2 Å². The molecule has 8 nitrogen and oxygen atoms in total. The Bertz CT molecular complexity index is 1340. The van der Waals surface area contributed by atoms with Crippen molar-refractivity contribution in [1.29, 1.82) is 0 Å². The number of benzene rings is 4. The van der Waals surface area contributed by atoms with Gasteiger partial charge in [-0.3, -0.25) is 9.59 Å². The van der Waals surface area contributed by atoms with Gasteiger partial charge < -0.3 is 30.0 Å². The van der Waals surface area contributed by atoms with E-state index in [9.17, 15) is 14.7 Å². The lowest BCUT2D eigenvalue weighted by Crippen LogP contribution is -2.22. The van der Waals surface area contributed by atoms with Crippen molar-refractivity contribution in [3.05, 3.63) is 102 Å². The molecule has 4 aromatic rings. The van der Waals surface area contributed by atoms with Crippen LogP contribution in [0.2, 0.25) is 0 Å². The van der Waals surface area contributed by atoms with Crippen LogP contribution in [0.4, 0.5) is 11.4 Å². The molecular weight excluding hydrogens is 484 g/mol. The summed E-state index contributed by atoms with van der Waals surface area (Å²) in [6, 6.07) is 25.9. The Morgan fingerprint density at radius 3 is 1.61 bits per heavy atom. The van der Waals surface area contributed by atoms with Crippen LogP contribution in [0.15, 0.2) is 91.0 Å². The van der Waals surface area contributed by atoms with Gasteiger partial charge in [0, 0.05) is 23.5 Å². The van der Waals surface area contributed by atoms with Crippen molar-refractivity contribution >= 4 is 23.2 Å². The molecule has 2 amide bonds. The molecule has 3 N–H and O–H groups in total. The molecule has 0 radical (unpaired) electrons. The number of carbonyl (C=O) groups is 2. The van der Waals surface area contributed by atoms with Crippen molar-refractivity contribution in [2.45, 2.75) is 13.8 Å². The maximum atomic E-state index is 12.6. The third kappa shape index (κ3) is 7.51. The summed E-state index contributed by atoms with van der Waals surface area (Å²) in [4.78, 5) is 25.2. The predicted octanol–water partition coefficient (Wildman–Crippen LogP) is 5.84. The Labute approximate surface area is 220 Å². The first-order valence-electron chi connectivity index (χ1n) is 11.9. The minimum atomic E-state index is -0.379. The molecule has 0 unspecified atom stereocenters. The lowest BCUT2D eigenvalue weighted by Gasteiger charge is -2.14. The first-order valence-corrected chi connectivity index (χ1v) is 11.9. The molecule has 0 saturated heterocycles. The average Bonchev–Trinajstić information content (AvgIpc) is 2.89. The fourth-order valence-corrected chi connectivity index (χ4v) is 3.57. The highest BCUT2D eigenvalue weighted by atomic mass is 16.5. The summed E-state index contributed by atoms with van der Waals surface area (Å²) in [6.07, 6.45) is 0. The Morgan fingerprint density at radius 2 is 1.13 bits per heavy atom. The second kappa shape index (κ2) is 12.3. The number of aryl methyl sites for hydroxylation is 2. The molecule has 0 aliphatic rings. The molecule has 194 valence electrons. The van der Waals surface area contributed by atoms with Crippen LogP contribution in [0.1, 0.15) is 11.1 Å². The molecule has 38 heavy (non-hydrogen) atoms. The monoisotopic (exact) mass is 512 g/mol. The number of anilines is 2. The molecule has 0 aliphatic heterocycles. The van der Waals surface area contributed by atoms with Gasteiger partial charge in [0.1, 0.15) is 28.7 Å². The van der Waals surface area contributed by atoms with Crippen LogP contribution in [0.25, 0.3) is 0 Å². The largest absolute Gasteiger partial charge is 0.508 e. The third-order valence-corrected chi connectivity index (χ3v) is 5.45. The molecule has 0 spiro atoms. The standard InChI is InChI=1S/C30H28N2O6/c1-20-7-3-5-9-27(20)36-18-29(34)31-22-15-23(17-26(16-22)38-25-13-11-24(33)12-14-25)32-30(35)19-37-28-10-6-4-8-21(28)2/h3-17,33H,18-19H2,1-2H3,(H,31,34)(H,32,35). The van der Waals surface area contributed by atoms with Crippen LogP contribution < -0.4 is 24.8 Å². The number of nitrogens with one attached hydrogen (secondary N) is 2. The third-order valence-electron chi connectivity index (χ3n) is 5.45. The highest BCUT2D eigenvalue weighted by Crippen LogP contribution is 2.30. The quantitative estimate of drug-likeness (QED) is 0.247. The highest BCUT2D eigenvalue weighted by molar-refractivity contribution is 5.95. The zero-order chi connectivity index (χ0) is 26.9. The molecule has 4 aromatic carbocycles. The molecule has 0 atom stereocenters. The van der Waals surface area contributed by atoms with Gasteiger partial charge in [0.25, 0.3) is 11.8 Å². The van der Waals surface area contributed by atoms with Crippen molar-refractivity contribution in [2.75, 3.05) is 23.8 Å². The van der Waals surface area contributed by atoms with E-state index in [1.165, 1.54) is 12.1 Å². The summed E-state index contributed by atoms with van der Waals surface area (Å²) in [6.45, 7) is 3.41. The number of phenols is 1. The number of hydrogen-bond donors (Lipinski definition) is 3. The van der Waals surface area contributed by atoms with Gasteiger partial charge in [0.05, 0.1) is 0 Å². The van der Waals surface area contributed by atoms with E-state index < -0.39 is 0 Å². The molecule has 4 rings (SSSR count). The van der Waals surface area contributed by atoms with E-state index in [0.717, 1.165) is 11.1 Å². The fourth-order valence-electron chi connectivity index (χ4n) is 3.57. The van der Waals surface area contributed by atoms with Crippen LogP contribution in [-0.4, -0.2) is 30.1 Å². The average molecular weight is 513 g/mol. The number of amides is 2. The van der Waals surface area contributed by atoms with Gasteiger partial charge in [-0.1, -0.05) is 36.4 Å². The Kier molecular flexibility index (Phi) is 8.46. The molecule has 0 bridgehead atoms. The number of aromatic hydroxyl groups is 1. The number of ether oxygens (including phenoxy) is 3. The Balaban J connectivity index is 1.46. The van der Waals surface area contributed by atoms with Crippen molar-refractivity contribution in [1.82, 2.24) is 0 Å². The molecule has 0 aromatic heterocycles. The molecule has 0 heterocycles. The number of rotatable bonds is 10. The van der Waals surface area contributed by atoms with Crippen LogP contribution in [0, 0.1) is 13.8 Å². The topological polar surface area (TPSA) is 106 Å². The van der Waals surface area contributed by atoms with Gasteiger partial charge in [-0.15, -0.1) is 0 Å². The van der Waals surface area contributed by atoms with E-state index in [-0.39, 0.29) is 30.8 Å². The van der Waals surface area contributed by atoms with E-state index >= 15 is 0 Å². The lowest BCUT2D eigenvalue weighted by molar-refractivity contribution is -0.118. The van der Waals surface area contributed by atoms with Gasteiger partial charge in [0.2, 0.25) is 0 Å². The smallest absolute Gasteiger partial charge is 0.262 e. The van der Waals surface area contributed by atoms with Gasteiger partial charge >= 0.3 is 0 Å². The molecule has 0 fully saturated rings. The first-order chi connectivity index (χ1) is 18.4. The zero-order valence-corrected chi connectivity index (χ0v) is 21.1. The Hall–Kier alpha value is -4.98. The van der Waals surface area contributed by atoms with E-state index in [0.29, 0.717) is 34.4 Å². The zero-order valence-electron chi connectivity index (χ0n) is 21.1. The fraction of sp³-hybridized carbons (Fsp3) is 0.133. The minimum Gasteiger partial charge on any atom is -0.508 e. The van der Waals surface area contributed by atoms with Crippen molar-refractivity contribution in [2.24, 2.45) is 0 Å². The van der Waals surface area contributed by atoms with Gasteiger partial charge in [-0.25, -0.2) is 0 Å². The van der Waals surface area contributed by atoms with Crippen molar-refractivity contribution < 1.29 is 28.9 Å². The summed E-state index contributed by atoms with van der Waals surface area (Å²) in [5.74, 6) is 1.42. The normalized spacial score (nSPS) is 10.4. The predicted molar refractivity (Wildman–Crippen MR) is 145 cm³/mol. The second-order valence-electron chi connectivity index (χ2n) is 8.55. The van der Waals surface area contributed by atoms with Gasteiger partial charge in [-0.05, 0) is 67.4 Å². The van der Waals surface area contributed by atoms with E-state index in [4.69, 9.17) is 14.2 Å². The second-order valence-corrected chi connectivity index (χ2v) is 8.55. The van der Waals surface area contributed by atoms with Crippen LogP contribution >= 0.6 is 0 Å². The maximum Gasteiger partial charge on any atom is 0.262 e. The van der Waals surface area contributed by atoms with Crippen molar-refractivity contribution in [3.8, 4) is 28.7 Å². The Morgan fingerprint density at radius 1 is 0.658 bits per heavy atom. The van der Waals surface area contributed by atoms with Crippen LogP contribution in [0.3, 0.4) is 0 Å². The van der Waals surface area contributed by atoms with E-state index in [1.54, 1.807) is 42.5 Å². The van der Waals surface area contributed by atoms with Gasteiger partial charge in [-0.2, -0.15) is 0 Å². The molecule has 0 saturated carbocycles. The summed E-state index contributed by atoms with van der Waals surface area (Å²) >= 11 is 0. The number of para-hydroxylation sites is 2. The molecule has 8 heteroatoms. The molecule has 0 aliphatic carbocycles. The van der Waals surface area contributed by atoms with Crippen molar-refractivity contribution in [3.63, 3.8) is 0 Å². The van der Waals surface area contributed by atoms with E-state index in [2.05, 4.69) is 10.6 Å². The summed E-state index contributed by atoms with van der Waals surface area (Å²) in [7, 11) is 0. The summed E-state index contributed by atoms with van der Waals surface area (Å²) < 4.78 is 17.2.